The third-order valence-electron chi connectivity index (χ3n) is 2.88. The van der Waals surface area contributed by atoms with Gasteiger partial charge in [0, 0.05) is 0 Å². The van der Waals surface area contributed by atoms with Crippen LogP contribution in [0.1, 0.15) is 38.5 Å². The molecule has 2 fully saturated rings. The van der Waals surface area contributed by atoms with Gasteiger partial charge in [0.05, 0.1) is 0 Å². The predicted octanol–water partition coefficient (Wildman–Crippen LogP) is 2.08. The molecule has 102 valence electrons. The molecule has 2 aliphatic rings. The molecule has 0 aromatic rings. The Balaban J connectivity index is 0.000000284. The summed E-state index contributed by atoms with van der Waals surface area (Å²) in [6, 6.07) is 0. The van der Waals surface area contributed by atoms with E-state index >= 15 is 0 Å². The van der Waals surface area contributed by atoms with Gasteiger partial charge in [0.25, 0.3) is 0 Å². The SMILES string of the molecule is OP(O)[C@@H]1[CH-]CCC1.OP(O)[C@H]1[CH-]CCC1.[Fe+2]. The Kier molecular flexibility index (Phi) is 10.8. The summed E-state index contributed by atoms with van der Waals surface area (Å²) in [4.78, 5) is 34.6. The quantitative estimate of drug-likeness (QED) is 0.356. The van der Waals surface area contributed by atoms with Crippen molar-refractivity contribution in [1.82, 2.24) is 0 Å². The third kappa shape index (κ3) is 7.40. The van der Waals surface area contributed by atoms with E-state index in [4.69, 9.17) is 19.6 Å². The normalized spacial score (nSPS) is 27.9. The van der Waals surface area contributed by atoms with Crippen LogP contribution in [0.25, 0.3) is 0 Å². The van der Waals surface area contributed by atoms with Gasteiger partial charge in [-0.25, -0.2) is 0 Å². The minimum atomic E-state index is -1.66. The molecule has 7 heteroatoms. The van der Waals surface area contributed by atoms with E-state index in [0.717, 1.165) is 38.5 Å². The second-order valence-electron chi connectivity index (χ2n) is 4.11. The summed E-state index contributed by atoms with van der Waals surface area (Å²) in [6.45, 7) is 0. The van der Waals surface area contributed by atoms with Crippen LogP contribution in [0.3, 0.4) is 0 Å². The van der Waals surface area contributed by atoms with Crippen molar-refractivity contribution in [3.63, 3.8) is 0 Å². The second-order valence-corrected chi connectivity index (χ2v) is 6.72. The Morgan fingerprint density at radius 1 is 0.765 bits per heavy atom. The molecule has 0 bridgehead atoms. The van der Waals surface area contributed by atoms with Crippen LogP contribution in [0.15, 0.2) is 0 Å². The standard InChI is InChI=1S/2C5H10O2P.Fe/c2*6-8(7)5-3-1-2-4-5;/h2*3,5-7H,1-2,4H2;/q2*-1;+2/t2*5-;/m10./s1. The molecule has 0 heterocycles. The van der Waals surface area contributed by atoms with Gasteiger partial charge in [-0.3, -0.25) is 0 Å². The van der Waals surface area contributed by atoms with Crippen LogP contribution in [0.5, 0.6) is 0 Å². The van der Waals surface area contributed by atoms with Gasteiger partial charge in [-0.15, -0.1) is 0 Å². The Morgan fingerprint density at radius 3 is 1.24 bits per heavy atom. The average molecular weight is 322 g/mol. The Bertz CT molecular complexity index is 163. The Morgan fingerprint density at radius 2 is 1.12 bits per heavy atom. The van der Waals surface area contributed by atoms with E-state index < -0.39 is 16.8 Å². The topological polar surface area (TPSA) is 80.9 Å². The molecule has 0 unspecified atom stereocenters. The van der Waals surface area contributed by atoms with Crippen LogP contribution >= 0.6 is 16.8 Å². The summed E-state index contributed by atoms with van der Waals surface area (Å²) in [6.07, 6.45) is 10.3. The third-order valence-corrected chi connectivity index (χ3v) is 5.00. The molecule has 17 heavy (non-hydrogen) atoms. The van der Waals surface area contributed by atoms with Crippen molar-refractivity contribution in [3.8, 4) is 0 Å². The van der Waals surface area contributed by atoms with Gasteiger partial charge in [0.1, 0.15) is 16.8 Å². The molecule has 2 saturated carbocycles. The van der Waals surface area contributed by atoms with Crippen molar-refractivity contribution < 1.29 is 36.6 Å². The molecule has 0 saturated heterocycles. The van der Waals surface area contributed by atoms with E-state index in [1.165, 1.54) is 0 Å². The first kappa shape index (κ1) is 18.2. The summed E-state index contributed by atoms with van der Waals surface area (Å²) < 4.78 is 0. The Hall–Kier alpha value is 1.22. The molecule has 0 spiro atoms. The number of hydrogen-bond donors (Lipinski definition) is 4. The van der Waals surface area contributed by atoms with Gasteiger partial charge in [-0.1, -0.05) is 37.0 Å². The van der Waals surface area contributed by atoms with Crippen LogP contribution in [0.4, 0.5) is 0 Å². The first-order valence-corrected chi connectivity index (χ1v) is 8.25. The second kappa shape index (κ2) is 10.1. The molecule has 2 atom stereocenters. The molecule has 0 aliphatic heterocycles. The molecular weight excluding hydrogens is 302 g/mol. The van der Waals surface area contributed by atoms with E-state index in [2.05, 4.69) is 0 Å². The van der Waals surface area contributed by atoms with Gasteiger partial charge < -0.3 is 32.4 Å². The zero-order chi connectivity index (χ0) is 12.0. The zero-order valence-electron chi connectivity index (χ0n) is 9.59. The molecule has 4 N–H and O–H groups in total. The van der Waals surface area contributed by atoms with Crippen molar-refractivity contribution in [2.45, 2.75) is 49.8 Å². The maximum Gasteiger partial charge on any atom is 2.00 e. The van der Waals surface area contributed by atoms with Crippen LogP contribution < -0.4 is 0 Å². The van der Waals surface area contributed by atoms with E-state index in [1.54, 1.807) is 0 Å². The molecule has 0 aromatic heterocycles. The minimum Gasteiger partial charge on any atom is -0.352 e. The van der Waals surface area contributed by atoms with Gasteiger partial charge in [-0.2, -0.15) is 12.8 Å². The van der Waals surface area contributed by atoms with Crippen LogP contribution in [-0.2, 0) is 17.1 Å². The van der Waals surface area contributed by atoms with Gasteiger partial charge >= 0.3 is 17.1 Å². The predicted molar refractivity (Wildman–Crippen MR) is 66.6 cm³/mol. The molecular formula is C10H20FeO4P2. The van der Waals surface area contributed by atoms with Gasteiger partial charge in [0.2, 0.25) is 0 Å². The summed E-state index contributed by atoms with van der Waals surface area (Å²) in [5.74, 6) is 0. The van der Waals surface area contributed by atoms with E-state index in [0.29, 0.717) is 0 Å². The smallest absolute Gasteiger partial charge is 0.352 e. The van der Waals surface area contributed by atoms with E-state index in [9.17, 15) is 0 Å². The largest absolute Gasteiger partial charge is 2.00 e. The first-order valence-electron chi connectivity index (χ1n) is 5.62. The maximum atomic E-state index is 8.64. The van der Waals surface area contributed by atoms with Crippen molar-refractivity contribution in [1.29, 1.82) is 0 Å². The van der Waals surface area contributed by atoms with Gasteiger partial charge in [-0.05, 0) is 0 Å². The van der Waals surface area contributed by atoms with Crippen LogP contribution in [-0.4, -0.2) is 30.9 Å². The Labute approximate surface area is 116 Å². The zero-order valence-corrected chi connectivity index (χ0v) is 12.5. The van der Waals surface area contributed by atoms with E-state index in [-0.39, 0.29) is 28.4 Å². The molecule has 2 rings (SSSR count). The molecule has 2 aliphatic carbocycles. The van der Waals surface area contributed by atoms with Crippen LogP contribution in [0, 0.1) is 12.8 Å². The molecule has 0 radical (unpaired) electrons. The minimum absolute atomic E-state index is 0. The fourth-order valence-corrected chi connectivity index (χ4v) is 3.43. The van der Waals surface area contributed by atoms with Gasteiger partial charge in [0.15, 0.2) is 0 Å². The fourth-order valence-electron chi connectivity index (χ4n) is 1.93. The first-order chi connectivity index (χ1) is 7.61. The fraction of sp³-hybridized carbons (Fsp3) is 0.800. The summed E-state index contributed by atoms with van der Waals surface area (Å²) in [7, 11) is -3.31. The monoisotopic (exact) mass is 322 g/mol. The van der Waals surface area contributed by atoms with Crippen molar-refractivity contribution >= 4 is 16.8 Å². The number of rotatable bonds is 2. The summed E-state index contributed by atoms with van der Waals surface area (Å²) >= 11 is 0. The molecule has 0 aromatic carbocycles. The van der Waals surface area contributed by atoms with E-state index in [1.807, 2.05) is 12.8 Å². The summed E-state index contributed by atoms with van der Waals surface area (Å²) in [5, 5.41) is 0. The van der Waals surface area contributed by atoms with Crippen molar-refractivity contribution in [3.05, 3.63) is 12.8 Å². The average Bonchev–Trinajstić information content (AvgIpc) is 2.93. The summed E-state index contributed by atoms with van der Waals surface area (Å²) in [5.41, 5.74) is 0.231. The van der Waals surface area contributed by atoms with Crippen LogP contribution in [0.2, 0.25) is 0 Å². The van der Waals surface area contributed by atoms with Crippen molar-refractivity contribution in [2.24, 2.45) is 0 Å². The molecule has 0 amide bonds. The van der Waals surface area contributed by atoms with Crippen molar-refractivity contribution in [2.75, 3.05) is 0 Å². The maximum absolute atomic E-state index is 8.64. The molecule has 4 nitrogen and oxygen atoms in total. The number of hydrogen-bond acceptors (Lipinski definition) is 4.